The summed E-state index contributed by atoms with van der Waals surface area (Å²) in [5, 5.41) is 10.5. The van der Waals surface area contributed by atoms with Crippen molar-refractivity contribution in [3.8, 4) is 16.9 Å². The Morgan fingerprint density at radius 3 is 2.50 bits per heavy atom. The van der Waals surface area contributed by atoms with Crippen LogP contribution in [-0.2, 0) is 11.2 Å². The fraction of sp³-hybridized carbons (Fsp3) is 0.188. The Morgan fingerprint density at radius 1 is 1.09 bits per heavy atom. The number of hydrogen-bond donors (Lipinski definition) is 0. The van der Waals surface area contributed by atoms with Crippen LogP contribution in [0.4, 0.5) is 13.2 Å². The van der Waals surface area contributed by atoms with Crippen molar-refractivity contribution in [3.05, 3.63) is 54.1 Å². The van der Waals surface area contributed by atoms with Gasteiger partial charge in [0, 0.05) is 11.5 Å². The van der Waals surface area contributed by atoms with Crippen molar-refractivity contribution < 1.29 is 27.8 Å². The second-order valence-corrected chi connectivity index (χ2v) is 4.62. The third-order valence-corrected chi connectivity index (χ3v) is 2.97. The Labute approximate surface area is 125 Å². The van der Waals surface area contributed by atoms with Crippen molar-refractivity contribution in [2.24, 2.45) is 0 Å². The van der Waals surface area contributed by atoms with Gasteiger partial charge >= 0.3 is 6.36 Å². The average Bonchev–Trinajstić information content (AvgIpc) is 2.44. The molecule has 0 unspecified atom stereocenters. The maximum absolute atomic E-state index is 12.4. The fourth-order valence-corrected chi connectivity index (χ4v) is 2.06. The van der Waals surface area contributed by atoms with E-state index in [1.807, 2.05) is 0 Å². The molecule has 2 rings (SSSR count). The summed E-state index contributed by atoms with van der Waals surface area (Å²) < 4.78 is 41.3. The second-order valence-electron chi connectivity index (χ2n) is 4.62. The van der Waals surface area contributed by atoms with Crippen molar-refractivity contribution in [3.63, 3.8) is 0 Å². The number of alkyl halides is 3. The molecule has 116 valence electrons. The van der Waals surface area contributed by atoms with E-state index in [4.69, 9.17) is 0 Å². The van der Waals surface area contributed by atoms with Gasteiger partial charge in [-0.3, -0.25) is 0 Å². The first-order valence-electron chi connectivity index (χ1n) is 6.49. The first-order chi connectivity index (χ1) is 10.3. The third kappa shape index (κ3) is 4.51. The minimum absolute atomic E-state index is 0.149. The molecule has 0 aliphatic heterocycles. The monoisotopic (exact) mass is 309 g/mol. The number of benzene rings is 2. The molecule has 3 nitrogen and oxygen atoms in total. The van der Waals surface area contributed by atoms with Crippen LogP contribution < -0.4 is 9.84 Å². The summed E-state index contributed by atoms with van der Waals surface area (Å²) in [6.45, 7) is 0. The maximum Gasteiger partial charge on any atom is 0.573 e. The van der Waals surface area contributed by atoms with Gasteiger partial charge in [-0.05, 0) is 30.0 Å². The maximum atomic E-state index is 12.4. The first kappa shape index (κ1) is 15.9. The number of ether oxygens (including phenoxy) is 1. The van der Waals surface area contributed by atoms with Crippen LogP contribution in [0.25, 0.3) is 11.1 Å². The number of carboxylic acid groups (broad SMARTS) is 1. The number of hydrogen-bond acceptors (Lipinski definition) is 3. The van der Waals surface area contributed by atoms with Gasteiger partial charge in [0.25, 0.3) is 0 Å². The van der Waals surface area contributed by atoms with E-state index in [1.54, 1.807) is 30.3 Å². The number of halogens is 3. The number of aliphatic carboxylic acids is 1. The first-order valence-corrected chi connectivity index (χ1v) is 6.49. The van der Waals surface area contributed by atoms with E-state index in [9.17, 15) is 23.1 Å². The fourth-order valence-electron chi connectivity index (χ4n) is 2.06. The van der Waals surface area contributed by atoms with E-state index >= 15 is 0 Å². The van der Waals surface area contributed by atoms with E-state index < -0.39 is 12.3 Å². The molecule has 0 fully saturated rings. The van der Waals surface area contributed by atoms with Gasteiger partial charge in [0.15, 0.2) is 0 Å². The van der Waals surface area contributed by atoms with Gasteiger partial charge < -0.3 is 14.6 Å². The van der Waals surface area contributed by atoms with Crippen LogP contribution in [0.3, 0.4) is 0 Å². The summed E-state index contributed by atoms with van der Waals surface area (Å²) in [7, 11) is 0. The zero-order valence-corrected chi connectivity index (χ0v) is 11.4. The third-order valence-electron chi connectivity index (χ3n) is 2.97. The molecule has 6 heteroatoms. The molecule has 0 heterocycles. The van der Waals surface area contributed by atoms with Crippen molar-refractivity contribution in [1.82, 2.24) is 0 Å². The topological polar surface area (TPSA) is 49.4 Å². The van der Waals surface area contributed by atoms with E-state index in [0.717, 1.165) is 0 Å². The van der Waals surface area contributed by atoms with Gasteiger partial charge in [0.1, 0.15) is 5.75 Å². The van der Waals surface area contributed by atoms with Crippen LogP contribution in [0.1, 0.15) is 12.0 Å². The molecule has 0 aliphatic rings. The molecule has 0 spiro atoms. The molecule has 0 amide bonds. The van der Waals surface area contributed by atoms with E-state index in [2.05, 4.69) is 4.74 Å². The summed E-state index contributed by atoms with van der Waals surface area (Å²) in [5.74, 6) is -1.47. The molecule has 0 saturated heterocycles. The molecule has 0 atom stereocenters. The molecule has 2 aromatic carbocycles. The smallest absolute Gasteiger partial charge is 0.550 e. The van der Waals surface area contributed by atoms with Crippen molar-refractivity contribution in [2.45, 2.75) is 19.2 Å². The summed E-state index contributed by atoms with van der Waals surface area (Å²) in [5.41, 5.74) is 1.51. The van der Waals surface area contributed by atoms with Crippen molar-refractivity contribution in [2.75, 3.05) is 0 Å². The molecule has 0 saturated carbocycles. The van der Waals surface area contributed by atoms with Crippen molar-refractivity contribution >= 4 is 5.97 Å². The molecule has 0 aliphatic carbocycles. The number of para-hydroxylation sites is 1. The molecule has 0 N–H and O–H groups in total. The quantitative estimate of drug-likeness (QED) is 0.853. The highest BCUT2D eigenvalue weighted by Gasteiger charge is 2.32. The predicted octanol–water partition coefficient (Wildman–Crippen LogP) is 2.93. The standard InChI is InChI=1S/C16H13F3O3/c17-16(18,19)22-14-7-2-1-6-13(14)12-5-3-4-11(10-12)8-9-15(20)21/h1-7,10H,8-9H2,(H,20,21)/p-1. The highest BCUT2D eigenvalue weighted by Crippen LogP contribution is 2.34. The minimum Gasteiger partial charge on any atom is -0.550 e. The molecule has 2 aromatic rings. The highest BCUT2D eigenvalue weighted by atomic mass is 19.4. The Balaban J connectivity index is 2.32. The van der Waals surface area contributed by atoms with Gasteiger partial charge in [0.2, 0.25) is 0 Å². The normalized spacial score (nSPS) is 11.2. The minimum atomic E-state index is -4.78. The Morgan fingerprint density at radius 2 is 1.82 bits per heavy atom. The van der Waals surface area contributed by atoms with E-state index in [-0.39, 0.29) is 24.2 Å². The van der Waals surface area contributed by atoms with Crippen LogP contribution in [0.15, 0.2) is 48.5 Å². The lowest BCUT2D eigenvalue weighted by Gasteiger charge is -2.14. The molecule has 0 aromatic heterocycles. The molecular formula is C16H12F3O3-. The van der Waals surface area contributed by atoms with Gasteiger partial charge in [-0.1, -0.05) is 42.5 Å². The van der Waals surface area contributed by atoms with Gasteiger partial charge in [-0.2, -0.15) is 0 Å². The molecular weight excluding hydrogens is 297 g/mol. The van der Waals surface area contributed by atoms with Crippen LogP contribution in [0, 0.1) is 0 Å². The second kappa shape index (κ2) is 6.51. The summed E-state index contributed by atoms with van der Waals surface area (Å²) >= 11 is 0. The Bertz CT molecular complexity index is 666. The molecule has 0 radical (unpaired) electrons. The number of carboxylic acids is 1. The zero-order valence-electron chi connectivity index (χ0n) is 11.4. The summed E-state index contributed by atoms with van der Waals surface area (Å²) in [4.78, 5) is 10.5. The lowest BCUT2D eigenvalue weighted by molar-refractivity contribution is -0.305. The van der Waals surface area contributed by atoms with Crippen LogP contribution in [0.2, 0.25) is 0 Å². The Kier molecular flexibility index (Phi) is 4.70. The van der Waals surface area contributed by atoms with Gasteiger partial charge in [-0.25, -0.2) is 0 Å². The summed E-state index contributed by atoms with van der Waals surface area (Å²) in [6, 6.07) is 12.4. The Hall–Kier alpha value is -2.50. The zero-order chi connectivity index (χ0) is 16.2. The SMILES string of the molecule is O=C([O-])CCc1cccc(-c2ccccc2OC(F)(F)F)c1. The molecule has 0 bridgehead atoms. The van der Waals surface area contributed by atoms with Crippen LogP contribution in [0.5, 0.6) is 5.75 Å². The average molecular weight is 309 g/mol. The van der Waals surface area contributed by atoms with Crippen LogP contribution >= 0.6 is 0 Å². The number of aryl methyl sites for hydroxylation is 1. The number of rotatable bonds is 5. The highest BCUT2D eigenvalue weighted by molar-refractivity contribution is 5.71. The predicted molar refractivity (Wildman–Crippen MR) is 71.9 cm³/mol. The number of carbonyl (C=O) groups is 1. The van der Waals surface area contributed by atoms with Crippen LogP contribution in [-0.4, -0.2) is 12.3 Å². The van der Waals surface area contributed by atoms with E-state index in [0.29, 0.717) is 11.1 Å². The lowest BCUT2D eigenvalue weighted by atomic mass is 10.0. The lowest BCUT2D eigenvalue weighted by Crippen LogP contribution is -2.22. The van der Waals surface area contributed by atoms with Gasteiger partial charge in [-0.15, -0.1) is 13.2 Å². The van der Waals surface area contributed by atoms with Gasteiger partial charge in [0.05, 0.1) is 0 Å². The largest absolute Gasteiger partial charge is 0.573 e. The number of carbonyl (C=O) groups excluding carboxylic acids is 1. The van der Waals surface area contributed by atoms with E-state index in [1.165, 1.54) is 18.2 Å². The summed E-state index contributed by atoms with van der Waals surface area (Å²) in [6.07, 6.45) is -4.68. The van der Waals surface area contributed by atoms with Crippen molar-refractivity contribution in [1.29, 1.82) is 0 Å². The molecule has 22 heavy (non-hydrogen) atoms.